The third-order valence-corrected chi connectivity index (χ3v) is 4.47. The van der Waals surface area contributed by atoms with E-state index in [1.807, 2.05) is 0 Å². The van der Waals surface area contributed by atoms with Gasteiger partial charge in [-0.1, -0.05) is 23.8 Å². The van der Waals surface area contributed by atoms with E-state index in [2.05, 4.69) is 37.4 Å². The van der Waals surface area contributed by atoms with E-state index in [1.54, 1.807) is 0 Å². The monoisotopic (exact) mass is 259 g/mol. The van der Waals surface area contributed by atoms with Gasteiger partial charge in [0, 0.05) is 18.6 Å². The number of aryl methyl sites for hydroxylation is 2. The standard InChI is InChI=1S/C16H21NO2/c1-10-3-4-11(2)12(7-10)8-16(18)17-14-9-15-13(14)5-6-19-15/h3-4,7,13-15H,5-6,8-9H2,1-2H3,(H,17,18)/t13-,14+,15+/m0/s1. The first-order valence-corrected chi connectivity index (χ1v) is 7.10. The minimum Gasteiger partial charge on any atom is -0.378 e. The van der Waals surface area contributed by atoms with Gasteiger partial charge in [-0.2, -0.15) is 0 Å². The van der Waals surface area contributed by atoms with Gasteiger partial charge in [-0.05, 0) is 37.8 Å². The third kappa shape index (κ3) is 2.52. The van der Waals surface area contributed by atoms with Crippen molar-refractivity contribution in [1.29, 1.82) is 0 Å². The Morgan fingerprint density at radius 3 is 3.05 bits per heavy atom. The van der Waals surface area contributed by atoms with Crippen molar-refractivity contribution in [1.82, 2.24) is 5.32 Å². The molecule has 1 heterocycles. The van der Waals surface area contributed by atoms with Crippen LogP contribution in [0.5, 0.6) is 0 Å². The molecule has 0 spiro atoms. The predicted molar refractivity (Wildman–Crippen MR) is 74.0 cm³/mol. The summed E-state index contributed by atoms with van der Waals surface area (Å²) in [5.74, 6) is 0.701. The minimum atomic E-state index is 0.143. The van der Waals surface area contributed by atoms with E-state index in [0.717, 1.165) is 25.0 Å². The van der Waals surface area contributed by atoms with Crippen LogP contribution in [0.4, 0.5) is 0 Å². The van der Waals surface area contributed by atoms with Gasteiger partial charge in [-0.25, -0.2) is 0 Å². The van der Waals surface area contributed by atoms with Crippen LogP contribution < -0.4 is 5.32 Å². The zero-order valence-corrected chi connectivity index (χ0v) is 11.6. The maximum atomic E-state index is 12.1. The summed E-state index contributed by atoms with van der Waals surface area (Å²) >= 11 is 0. The molecule has 1 N–H and O–H groups in total. The Balaban J connectivity index is 1.58. The van der Waals surface area contributed by atoms with Crippen LogP contribution in [0.15, 0.2) is 18.2 Å². The topological polar surface area (TPSA) is 38.3 Å². The molecule has 19 heavy (non-hydrogen) atoms. The lowest BCUT2D eigenvalue weighted by Gasteiger charge is -2.39. The van der Waals surface area contributed by atoms with Crippen LogP contribution in [-0.4, -0.2) is 24.7 Å². The van der Waals surface area contributed by atoms with Gasteiger partial charge in [0.1, 0.15) is 0 Å². The van der Waals surface area contributed by atoms with Crippen LogP contribution >= 0.6 is 0 Å². The third-order valence-electron chi connectivity index (χ3n) is 4.47. The van der Waals surface area contributed by atoms with E-state index in [9.17, 15) is 4.79 Å². The van der Waals surface area contributed by atoms with Gasteiger partial charge in [0.2, 0.25) is 5.91 Å². The lowest BCUT2D eigenvalue weighted by molar-refractivity contribution is -0.123. The second kappa shape index (κ2) is 4.97. The summed E-state index contributed by atoms with van der Waals surface area (Å²) in [4.78, 5) is 12.1. The lowest BCUT2D eigenvalue weighted by Crippen LogP contribution is -2.53. The van der Waals surface area contributed by atoms with E-state index >= 15 is 0 Å². The molecule has 1 aliphatic carbocycles. The summed E-state index contributed by atoms with van der Waals surface area (Å²) in [7, 11) is 0. The Labute approximate surface area is 114 Å². The number of fused-ring (bicyclic) bond motifs is 1. The molecule has 3 atom stereocenters. The Morgan fingerprint density at radius 1 is 1.42 bits per heavy atom. The molecule has 3 rings (SSSR count). The van der Waals surface area contributed by atoms with E-state index in [4.69, 9.17) is 4.74 Å². The molecule has 0 bridgehead atoms. The van der Waals surface area contributed by atoms with Gasteiger partial charge in [-0.15, -0.1) is 0 Å². The fourth-order valence-electron chi connectivity index (χ4n) is 3.18. The summed E-state index contributed by atoms with van der Waals surface area (Å²) in [6.07, 6.45) is 2.98. The zero-order chi connectivity index (χ0) is 13.4. The number of hydrogen-bond donors (Lipinski definition) is 1. The van der Waals surface area contributed by atoms with Gasteiger partial charge >= 0.3 is 0 Å². The summed E-state index contributed by atoms with van der Waals surface area (Å²) in [5.41, 5.74) is 3.54. The molecular formula is C16H21NO2. The molecule has 0 aromatic heterocycles. The van der Waals surface area contributed by atoms with Crippen LogP contribution in [0, 0.1) is 19.8 Å². The average Bonchev–Trinajstić information content (AvgIpc) is 2.72. The molecule has 0 radical (unpaired) electrons. The van der Waals surface area contributed by atoms with Crippen LogP contribution in [-0.2, 0) is 16.0 Å². The maximum absolute atomic E-state index is 12.1. The second-order valence-electron chi connectivity index (χ2n) is 5.88. The number of rotatable bonds is 3. The first-order valence-electron chi connectivity index (χ1n) is 7.10. The number of carbonyl (C=O) groups excluding carboxylic acids is 1. The van der Waals surface area contributed by atoms with Gasteiger partial charge in [0.05, 0.1) is 12.5 Å². The quantitative estimate of drug-likeness (QED) is 0.903. The molecule has 3 heteroatoms. The van der Waals surface area contributed by atoms with Crippen molar-refractivity contribution in [3.05, 3.63) is 34.9 Å². The molecular weight excluding hydrogens is 238 g/mol. The molecule has 1 saturated carbocycles. The smallest absolute Gasteiger partial charge is 0.224 e. The Morgan fingerprint density at radius 2 is 2.26 bits per heavy atom. The summed E-state index contributed by atoms with van der Waals surface area (Å²) in [5, 5.41) is 3.16. The predicted octanol–water partition coefficient (Wildman–Crippen LogP) is 2.14. The highest BCUT2D eigenvalue weighted by molar-refractivity contribution is 5.79. The minimum absolute atomic E-state index is 0.143. The van der Waals surface area contributed by atoms with Gasteiger partial charge in [0.15, 0.2) is 0 Å². The van der Waals surface area contributed by atoms with Crippen molar-refractivity contribution < 1.29 is 9.53 Å². The van der Waals surface area contributed by atoms with Crippen molar-refractivity contribution in [2.45, 2.75) is 45.3 Å². The molecule has 1 aliphatic heterocycles. The Hall–Kier alpha value is -1.35. The largest absolute Gasteiger partial charge is 0.378 e. The van der Waals surface area contributed by atoms with Crippen LogP contribution in [0.1, 0.15) is 29.5 Å². The summed E-state index contributed by atoms with van der Waals surface area (Å²) in [6.45, 7) is 4.98. The number of benzene rings is 1. The SMILES string of the molecule is Cc1ccc(C)c(CC(=O)N[C@@H]2C[C@H]3OCC[C@@H]23)c1. The molecule has 1 saturated heterocycles. The van der Waals surface area contributed by atoms with Crippen molar-refractivity contribution in [2.75, 3.05) is 6.61 Å². The molecule has 2 fully saturated rings. The fourth-order valence-corrected chi connectivity index (χ4v) is 3.18. The number of hydrogen-bond acceptors (Lipinski definition) is 2. The van der Waals surface area contributed by atoms with Gasteiger partial charge < -0.3 is 10.1 Å². The number of ether oxygens (including phenoxy) is 1. The maximum Gasteiger partial charge on any atom is 0.224 e. The molecule has 102 valence electrons. The highest BCUT2D eigenvalue weighted by atomic mass is 16.5. The number of nitrogens with one attached hydrogen (secondary N) is 1. The van der Waals surface area contributed by atoms with Crippen LogP contribution in [0.3, 0.4) is 0 Å². The fraction of sp³-hybridized carbons (Fsp3) is 0.562. The van der Waals surface area contributed by atoms with Crippen molar-refractivity contribution in [2.24, 2.45) is 5.92 Å². The Bertz CT molecular complexity index is 498. The van der Waals surface area contributed by atoms with Crippen molar-refractivity contribution in [3.8, 4) is 0 Å². The van der Waals surface area contributed by atoms with E-state index in [-0.39, 0.29) is 5.91 Å². The number of carbonyl (C=O) groups is 1. The van der Waals surface area contributed by atoms with Crippen LogP contribution in [0.25, 0.3) is 0 Å². The second-order valence-corrected chi connectivity index (χ2v) is 5.88. The highest BCUT2D eigenvalue weighted by Gasteiger charge is 2.45. The Kier molecular flexibility index (Phi) is 3.31. The van der Waals surface area contributed by atoms with Crippen molar-refractivity contribution in [3.63, 3.8) is 0 Å². The number of amides is 1. The van der Waals surface area contributed by atoms with E-state index in [0.29, 0.717) is 24.5 Å². The van der Waals surface area contributed by atoms with Crippen molar-refractivity contribution >= 4 is 5.91 Å². The normalized spacial score (nSPS) is 28.6. The first kappa shape index (κ1) is 12.7. The first-order chi connectivity index (χ1) is 9.13. The highest BCUT2D eigenvalue weighted by Crippen LogP contribution is 2.38. The van der Waals surface area contributed by atoms with E-state index < -0.39 is 0 Å². The summed E-state index contributed by atoms with van der Waals surface area (Å²) < 4.78 is 5.57. The zero-order valence-electron chi connectivity index (χ0n) is 11.6. The molecule has 3 nitrogen and oxygen atoms in total. The average molecular weight is 259 g/mol. The molecule has 1 amide bonds. The summed E-state index contributed by atoms with van der Waals surface area (Å²) in [6, 6.07) is 6.62. The van der Waals surface area contributed by atoms with Crippen LogP contribution in [0.2, 0.25) is 0 Å². The van der Waals surface area contributed by atoms with Gasteiger partial charge in [-0.3, -0.25) is 4.79 Å². The molecule has 2 aliphatic rings. The molecule has 0 unspecified atom stereocenters. The molecule has 1 aromatic carbocycles. The van der Waals surface area contributed by atoms with E-state index in [1.165, 1.54) is 11.1 Å². The lowest BCUT2D eigenvalue weighted by atomic mass is 9.76. The van der Waals surface area contributed by atoms with Gasteiger partial charge in [0.25, 0.3) is 0 Å². The molecule has 1 aromatic rings.